The third-order valence-electron chi connectivity index (χ3n) is 3.49. The number of hydrogen-bond donors (Lipinski definition) is 1. The van der Waals surface area contributed by atoms with Gasteiger partial charge in [-0.3, -0.25) is 10.1 Å². The number of amidine groups is 1. The molecule has 1 heterocycles. The van der Waals surface area contributed by atoms with Crippen molar-refractivity contribution in [3.8, 4) is 11.1 Å². The van der Waals surface area contributed by atoms with Crippen molar-refractivity contribution in [1.82, 2.24) is 5.32 Å². The molecule has 0 spiro atoms. The molecule has 2 aromatic rings. The van der Waals surface area contributed by atoms with Crippen LogP contribution in [0, 0.1) is 0 Å². The number of benzene rings is 2. The predicted molar refractivity (Wildman–Crippen MR) is 103 cm³/mol. The first kappa shape index (κ1) is 17.6. The number of methoxy groups -OCH3 is 1. The molecular weight excluding hydrogens is 350 g/mol. The maximum atomic E-state index is 11.8. The number of amides is 1. The van der Waals surface area contributed by atoms with Crippen molar-refractivity contribution in [2.24, 2.45) is 10.2 Å². The molecule has 1 amide bonds. The van der Waals surface area contributed by atoms with Gasteiger partial charge in [-0.15, -0.1) is 5.10 Å². The fraction of sp³-hybridized carbons (Fsp3) is 0.0526. The van der Waals surface area contributed by atoms with Gasteiger partial charge >= 0.3 is 5.97 Å². The molecule has 1 saturated heterocycles. The summed E-state index contributed by atoms with van der Waals surface area (Å²) in [7, 11) is 1.25. The zero-order valence-electron chi connectivity index (χ0n) is 13.9. The Morgan fingerprint density at radius 3 is 2.62 bits per heavy atom. The van der Waals surface area contributed by atoms with Gasteiger partial charge in [0, 0.05) is 11.6 Å². The van der Waals surface area contributed by atoms with Crippen LogP contribution in [0.1, 0.15) is 5.56 Å². The molecule has 1 fully saturated rings. The van der Waals surface area contributed by atoms with Gasteiger partial charge in [-0.1, -0.05) is 54.6 Å². The van der Waals surface area contributed by atoms with Gasteiger partial charge in [0.2, 0.25) is 0 Å². The SMILES string of the molecule is COC(=O)/C=C1/S/C(=N\N=Cc2ccccc2-c2ccccc2)NC1=O. The molecule has 0 bridgehead atoms. The molecule has 0 aromatic heterocycles. The third-order valence-corrected chi connectivity index (χ3v) is 4.39. The minimum Gasteiger partial charge on any atom is -0.466 e. The van der Waals surface area contributed by atoms with Crippen molar-refractivity contribution in [2.45, 2.75) is 0 Å². The van der Waals surface area contributed by atoms with Gasteiger partial charge in [0.25, 0.3) is 5.91 Å². The summed E-state index contributed by atoms with van der Waals surface area (Å²) >= 11 is 1.03. The van der Waals surface area contributed by atoms with Gasteiger partial charge in [-0.05, 0) is 22.9 Å². The molecule has 7 heteroatoms. The van der Waals surface area contributed by atoms with Crippen molar-refractivity contribution in [1.29, 1.82) is 0 Å². The summed E-state index contributed by atoms with van der Waals surface area (Å²) in [5.41, 5.74) is 3.02. The lowest BCUT2D eigenvalue weighted by atomic mass is 10.0. The second kappa shape index (κ2) is 8.26. The standard InChI is InChI=1S/C19H15N3O3S/c1-25-17(23)11-16-18(24)21-19(26-16)22-20-12-14-9-5-6-10-15(14)13-7-3-2-4-8-13/h2-12H,1H3,(H,21,22,24)/b16-11+,20-12?. The minimum absolute atomic E-state index is 0.218. The van der Waals surface area contributed by atoms with Crippen LogP contribution in [0.15, 0.2) is 75.8 Å². The summed E-state index contributed by atoms with van der Waals surface area (Å²) in [6, 6.07) is 17.8. The Morgan fingerprint density at radius 2 is 1.85 bits per heavy atom. The summed E-state index contributed by atoms with van der Waals surface area (Å²) in [6.07, 6.45) is 2.75. The van der Waals surface area contributed by atoms with E-state index >= 15 is 0 Å². The summed E-state index contributed by atoms with van der Waals surface area (Å²) in [6.45, 7) is 0. The van der Waals surface area contributed by atoms with Gasteiger partial charge in [-0.25, -0.2) is 4.79 Å². The van der Waals surface area contributed by atoms with Crippen LogP contribution in [-0.2, 0) is 14.3 Å². The van der Waals surface area contributed by atoms with Crippen molar-refractivity contribution >= 4 is 35.0 Å². The molecule has 6 nitrogen and oxygen atoms in total. The molecule has 0 atom stereocenters. The molecule has 1 aliphatic rings. The zero-order valence-corrected chi connectivity index (χ0v) is 14.7. The van der Waals surface area contributed by atoms with E-state index < -0.39 is 11.9 Å². The largest absolute Gasteiger partial charge is 0.466 e. The topological polar surface area (TPSA) is 80.1 Å². The van der Waals surface area contributed by atoms with Crippen LogP contribution < -0.4 is 5.32 Å². The lowest BCUT2D eigenvalue weighted by Gasteiger charge is -2.04. The molecular formula is C19H15N3O3S. The maximum Gasteiger partial charge on any atom is 0.331 e. The van der Waals surface area contributed by atoms with E-state index in [-0.39, 0.29) is 4.91 Å². The summed E-state index contributed by atoms with van der Waals surface area (Å²) in [5.74, 6) is -0.997. The van der Waals surface area contributed by atoms with E-state index in [4.69, 9.17) is 0 Å². The van der Waals surface area contributed by atoms with Crippen LogP contribution >= 0.6 is 11.8 Å². The number of rotatable bonds is 4. The van der Waals surface area contributed by atoms with E-state index in [0.717, 1.165) is 34.5 Å². The van der Waals surface area contributed by atoms with Crippen LogP contribution in [0.3, 0.4) is 0 Å². The Morgan fingerprint density at radius 1 is 1.12 bits per heavy atom. The highest BCUT2D eigenvalue weighted by Crippen LogP contribution is 2.24. The minimum atomic E-state index is -0.593. The number of nitrogens with zero attached hydrogens (tertiary/aromatic N) is 2. The molecule has 0 radical (unpaired) electrons. The lowest BCUT2D eigenvalue weighted by molar-refractivity contribution is -0.135. The Balaban J connectivity index is 1.78. The van der Waals surface area contributed by atoms with E-state index in [2.05, 4.69) is 20.3 Å². The number of nitrogens with one attached hydrogen (secondary N) is 1. The average molecular weight is 365 g/mol. The zero-order chi connectivity index (χ0) is 18.4. The maximum absolute atomic E-state index is 11.8. The van der Waals surface area contributed by atoms with Gasteiger partial charge < -0.3 is 4.74 Å². The summed E-state index contributed by atoms with van der Waals surface area (Å²) in [4.78, 5) is 23.2. The van der Waals surface area contributed by atoms with Crippen LogP contribution in [0.2, 0.25) is 0 Å². The fourth-order valence-corrected chi connectivity index (χ4v) is 3.01. The quantitative estimate of drug-likeness (QED) is 0.391. The van der Waals surface area contributed by atoms with Crippen molar-refractivity contribution in [2.75, 3.05) is 7.11 Å². The lowest BCUT2D eigenvalue weighted by Crippen LogP contribution is -2.19. The number of hydrogen-bond acceptors (Lipinski definition) is 6. The van der Waals surface area contributed by atoms with Crippen molar-refractivity contribution in [3.63, 3.8) is 0 Å². The Labute approximate surface area is 154 Å². The number of esters is 1. The van der Waals surface area contributed by atoms with E-state index in [1.165, 1.54) is 7.11 Å². The van der Waals surface area contributed by atoms with E-state index in [0.29, 0.717) is 5.17 Å². The predicted octanol–water partition coefficient (Wildman–Crippen LogP) is 2.96. The molecule has 0 aliphatic carbocycles. The fourth-order valence-electron chi connectivity index (χ4n) is 2.27. The number of carbonyl (C=O) groups excluding carboxylic acids is 2. The van der Waals surface area contributed by atoms with Gasteiger partial charge in [-0.2, -0.15) is 5.10 Å². The van der Waals surface area contributed by atoms with Crippen molar-refractivity contribution < 1.29 is 14.3 Å². The first-order valence-corrected chi connectivity index (χ1v) is 8.53. The van der Waals surface area contributed by atoms with Crippen LogP contribution in [0.25, 0.3) is 11.1 Å². The van der Waals surface area contributed by atoms with E-state index in [1.807, 2.05) is 54.6 Å². The third kappa shape index (κ3) is 4.25. The van der Waals surface area contributed by atoms with Crippen LogP contribution in [-0.4, -0.2) is 30.4 Å². The molecule has 2 aromatic carbocycles. The molecule has 1 N–H and O–H groups in total. The molecule has 130 valence electrons. The number of carbonyl (C=O) groups is 2. The Kier molecular flexibility index (Phi) is 5.60. The first-order valence-electron chi connectivity index (χ1n) is 7.71. The summed E-state index contributed by atoms with van der Waals surface area (Å²) < 4.78 is 4.51. The Bertz CT molecular complexity index is 921. The highest BCUT2D eigenvalue weighted by atomic mass is 32.2. The second-order valence-electron chi connectivity index (χ2n) is 5.19. The first-order chi connectivity index (χ1) is 12.7. The Hall–Kier alpha value is -3.19. The molecule has 1 aliphatic heterocycles. The van der Waals surface area contributed by atoms with Gasteiger partial charge in [0.05, 0.1) is 18.2 Å². The molecule has 0 saturated carbocycles. The molecule has 26 heavy (non-hydrogen) atoms. The molecule has 0 unspecified atom stereocenters. The van der Waals surface area contributed by atoms with E-state index in [9.17, 15) is 9.59 Å². The average Bonchev–Trinajstić information content (AvgIpc) is 3.02. The molecule has 3 rings (SSSR count). The highest BCUT2D eigenvalue weighted by Gasteiger charge is 2.24. The van der Waals surface area contributed by atoms with Crippen LogP contribution in [0.4, 0.5) is 0 Å². The number of thioether (sulfide) groups is 1. The highest BCUT2D eigenvalue weighted by molar-refractivity contribution is 8.18. The monoisotopic (exact) mass is 365 g/mol. The second-order valence-corrected chi connectivity index (χ2v) is 6.22. The van der Waals surface area contributed by atoms with Crippen molar-refractivity contribution in [3.05, 3.63) is 71.1 Å². The smallest absolute Gasteiger partial charge is 0.331 e. The number of ether oxygens (including phenoxy) is 1. The van der Waals surface area contributed by atoms with E-state index in [1.54, 1.807) is 6.21 Å². The normalized spacial score (nSPS) is 17.0. The van der Waals surface area contributed by atoms with Crippen LogP contribution in [0.5, 0.6) is 0 Å². The van der Waals surface area contributed by atoms with Gasteiger partial charge in [0.15, 0.2) is 5.17 Å². The summed E-state index contributed by atoms with van der Waals surface area (Å²) in [5, 5.41) is 10.9. The van der Waals surface area contributed by atoms with Gasteiger partial charge in [0.1, 0.15) is 0 Å².